The number of nitrogens with zero attached hydrogens (tertiary/aromatic N) is 5. The van der Waals surface area contributed by atoms with Crippen molar-refractivity contribution < 1.29 is 4.79 Å². The van der Waals surface area contributed by atoms with E-state index < -0.39 is 5.91 Å². The summed E-state index contributed by atoms with van der Waals surface area (Å²) in [5.41, 5.74) is 8.07. The lowest BCUT2D eigenvalue weighted by Crippen LogP contribution is -2.10. The van der Waals surface area contributed by atoms with E-state index in [2.05, 4.69) is 27.0 Å². The Bertz CT molecular complexity index is 852. The minimum absolute atomic E-state index is 0.455. The van der Waals surface area contributed by atoms with Crippen LogP contribution in [0.5, 0.6) is 0 Å². The molecule has 2 aromatic heterocycles. The van der Waals surface area contributed by atoms with E-state index in [-0.39, 0.29) is 0 Å². The minimum atomic E-state index is -0.457. The van der Waals surface area contributed by atoms with Crippen LogP contribution in [0.3, 0.4) is 0 Å². The van der Waals surface area contributed by atoms with Gasteiger partial charge in [0.2, 0.25) is 5.91 Å². The fourth-order valence-corrected chi connectivity index (χ4v) is 2.31. The van der Waals surface area contributed by atoms with Crippen molar-refractivity contribution in [3.05, 3.63) is 47.9 Å². The summed E-state index contributed by atoms with van der Waals surface area (Å²) in [4.78, 5) is 24.4. The number of carbonyl (C=O) groups is 1. The van der Waals surface area contributed by atoms with E-state index in [9.17, 15) is 4.79 Å². The van der Waals surface area contributed by atoms with Crippen molar-refractivity contribution in [1.29, 1.82) is 0 Å². The highest BCUT2D eigenvalue weighted by molar-refractivity contribution is 5.93. The third kappa shape index (κ3) is 3.15. The van der Waals surface area contributed by atoms with Crippen LogP contribution < -0.4 is 5.73 Å². The maximum Gasteiger partial charge on any atom is 0.248 e. The van der Waals surface area contributed by atoms with Crippen molar-refractivity contribution in [3.63, 3.8) is 0 Å². The summed E-state index contributed by atoms with van der Waals surface area (Å²) in [7, 11) is 0. The third-order valence-corrected chi connectivity index (χ3v) is 3.54. The molecule has 0 unspecified atom stereocenters. The Kier molecular flexibility index (Phi) is 4.33. The number of hydrogen-bond donors (Lipinski definition) is 1. The van der Waals surface area contributed by atoms with Crippen LogP contribution in [0.4, 0.5) is 0 Å². The topological polar surface area (TPSA) is 99.6 Å². The Morgan fingerprint density at radius 1 is 1.17 bits per heavy atom. The summed E-state index contributed by atoms with van der Waals surface area (Å²) in [6.07, 6.45) is 4.34. The average Bonchev–Trinajstić information content (AvgIpc) is 3.00. The summed E-state index contributed by atoms with van der Waals surface area (Å²) in [5, 5.41) is 4.57. The molecule has 0 spiro atoms. The van der Waals surface area contributed by atoms with Gasteiger partial charge in [-0.05, 0) is 25.5 Å². The fraction of sp³-hybridized carbons (Fsp3) is 0.235. The number of amides is 1. The van der Waals surface area contributed by atoms with Gasteiger partial charge < -0.3 is 5.73 Å². The number of aryl methyl sites for hydroxylation is 2. The van der Waals surface area contributed by atoms with Crippen molar-refractivity contribution in [2.75, 3.05) is 0 Å². The van der Waals surface area contributed by atoms with Gasteiger partial charge >= 0.3 is 0 Å². The molecule has 0 atom stereocenters. The molecular weight excluding hydrogens is 304 g/mol. The van der Waals surface area contributed by atoms with E-state index in [0.717, 1.165) is 24.2 Å². The van der Waals surface area contributed by atoms with Gasteiger partial charge in [0.1, 0.15) is 5.69 Å². The first-order valence-electron chi connectivity index (χ1n) is 7.72. The van der Waals surface area contributed by atoms with Crippen LogP contribution in [-0.4, -0.2) is 30.6 Å². The van der Waals surface area contributed by atoms with Crippen LogP contribution in [0, 0.1) is 6.92 Å². The fourth-order valence-electron chi connectivity index (χ4n) is 2.31. The molecule has 7 heteroatoms. The van der Waals surface area contributed by atoms with Crippen molar-refractivity contribution in [3.8, 4) is 22.9 Å². The van der Waals surface area contributed by atoms with Crippen LogP contribution in [0.25, 0.3) is 22.9 Å². The lowest BCUT2D eigenvalue weighted by atomic mass is 10.1. The second-order valence-electron chi connectivity index (χ2n) is 5.47. The molecule has 24 heavy (non-hydrogen) atoms. The van der Waals surface area contributed by atoms with E-state index >= 15 is 0 Å². The molecule has 0 aliphatic carbocycles. The SMILES string of the molecule is CCCn1nc(-c2ccc(C(N)=O)cc2)nc1-c1cnc(C)cn1. The van der Waals surface area contributed by atoms with Crippen LogP contribution in [-0.2, 0) is 6.54 Å². The molecule has 0 saturated carbocycles. The highest BCUT2D eigenvalue weighted by atomic mass is 16.1. The summed E-state index contributed by atoms with van der Waals surface area (Å²) >= 11 is 0. The molecule has 0 fully saturated rings. The van der Waals surface area contributed by atoms with Gasteiger partial charge in [-0.2, -0.15) is 5.10 Å². The maximum absolute atomic E-state index is 11.2. The van der Waals surface area contributed by atoms with Crippen LogP contribution in [0.2, 0.25) is 0 Å². The van der Waals surface area contributed by atoms with Crippen LogP contribution in [0.1, 0.15) is 29.4 Å². The molecule has 0 radical (unpaired) electrons. The zero-order valence-corrected chi connectivity index (χ0v) is 13.6. The third-order valence-electron chi connectivity index (χ3n) is 3.54. The number of rotatable bonds is 5. The highest BCUT2D eigenvalue weighted by Gasteiger charge is 2.14. The molecule has 0 saturated heterocycles. The Labute approximate surface area is 139 Å². The monoisotopic (exact) mass is 322 g/mol. The number of primary amides is 1. The molecule has 0 bridgehead atoms. The molecule has 7 nitrogen and oxygen atoms in total. The highest BCUT2D eigenvalue weighted by Crippen LogP contribution is 2.21. The van der Waals surface area contributed by atoms with Gasteiger partial charge in [-0.1, -0.05) is 19.1 Å². The molecule has 3 aromatic rings. The van der Waals surface area contributed by atoms with Gasteiger partial charge in [-0.15, -0.1) is 0 Å². The van der Waals surface area contributed by atoms with E-state index in [1.165, 1.54) is 0 Å². The van der Waals surface area contributed by atoms with E-state index in [1.807, 2.05) is 11.6 Å². The smallest absolute Gasteiger partial charge is 0.248 e. The number of carbonyl (C=O) groups excluding carboxylic acids is 1. The standard InChI is InChI=1S/C17H18N6O/c1-3-8-23-17(14-10-19-11(2)9-20-14)21-16(22-23)13-6-4-12(5-7-13)15(18)24/h4-7,9-10H,3,8H2,1-2H3,(H2,18,24). The quantitative estimate of drug-likeness (QED) is 0.776. The normalized spacial score (nSPS) is 10.8. The van der Waals surface area contributed by atoms with Crippen LogP contribution in [0.15, 0.2) is 36.7 Å². The molecule has 1 amide bonds. The first kappa shape index (κ1) is 15.8. The predicted octanol–water partition coefficient (Wildman–Crippen LogP) is 2.22. The van der Waals surface area contributed by atoms with Crippen molar-refractivity contribution >= 4 is 5.91 Å². The first-order valence-corrected chi connectivity index (χ1v) is 7.72. The Hall–Kier alpha value is -3.09. The predicted molar refractivity (Wildman–Crippen MR) is 90.0 cm³/mol. The molecule has 1 aromatic carbocycles. The van der Waals surface area contributed by atoms with Crippen molar-refractivity contribution in [2.24, 2.45) is 5.73 Å². The van der Waals surface area contributed by atoms with Crippen LogP contribution >= 0.6 is 0 Å². The number of aromatic nitrogens is 5. The van der Waals surface area contributed by atoms with Gasteiger partial charge in [-0.25, -0.2) is 14.6 Å². The van der Waals surface area contributed by atoms with Gasteiger partial charge in [0.25, 0.3) is 0 Å². The Morgan fingerprint density at radius 3 is 2.50 bits per heavy atom. The Morgan fingerprint density at radius 2 is 1.92 bits per heavy atom. The number of benzene rings is 1. The summed E-state index contributed by atoms with van der Waals surface area (Å²) < 4.78 is 1.83. The molecule has 122 valence electrons. The summed E-state index contributed by atoms with van der Waals surface area (Å²) in [6.45, 7) is 4.70. The molecule has 2 N–H and O–H groups in total. The lowest BCUT2D eigenvalue weighted by Gasteiger charge is -2.02. The zero-order valence-electron chi connectivity index (χ0n) is 13.6. The number of hydrogen-bond acceptors (Lipinski definition) is 5. The van der Waals surface area contributed by atoms with Crippen molar-refractivity contribution in [2.45, 2.75) is 26.8 Å². The van der Waals surface area contributed by atoms with E-state index in [4.69, 9.17) is 5.73 Å². The second kappa shape index (κ2) is 6.57. The first-order chi connectivity index (χ1) is 11.6. The summed E-state index contributed by atoms with van der Waals surface area (Å²) in [6, 6.07) is 6.92. The second-order valence-corrected chi connectivity index (χ2v) is 5.47. The molecular formula is C17H18N6O. The largest absolute Gasteiger partial charge is 0.366 e. The molecule has 3 rings (SSSR count). The zero-order chi connectivity index (χ0) is 17.1. The summed E-state index contributed by atoms with van der Waals surface area (Å²) in [5.74, 6) is 0.803. The van der Waals surface area contributed by atoms with Gasteiger partial charge in [0, 0.05) is 23.9 Å². The van der Waals surface area contributed by atoms with Crippen molar-refractivity contribution in [1.82, 2.24) is 24.7 Å². The van der Waals surface area contributed by atoms with E-state index in [0.29, 0.717) is 22.9 Å². The Balaban J connectivity index is 2.02. The average molecular weight is 322 g/mol. The minimum Gasteiger partial charge on any atom is -0.366 e. The maximum atomic E-state index is 11.2. The molecule has 2 heterocycles. The van der Waals surface area contributed by atoms with Gasteiger partial charge in [-0.3, -0.25) is 9.78 Å². The molecule has 0 aliphatic heterocycles. The molecule has 0 aliphatic rings. The number of nitrogens with two attached hydrogens (primary N) is 1. The van der Waals surface area contributed by atoms with Gasteiger partial charge in [0.15, 0.2) is 11.6 Å². The van der Waals surface area contributed by atoms with E-state index in [1.54, 1.807) is 36.7 Å². The van der Waals surface area contributed by atoms with Gasteiger partial charge in [0.05, 0.1) is 11.9 Å². The lowest BCUT2D eigenvalue weighted by molar-refractivity contribution is 0.100.